The van der Waals surface area contributed by atoms with Crippen LogP contribution < -0.4 is 40.8 Å². The Kier molecular flexibility index (Phi) is 12.8. The van der Waals surface area contributed by atoms with E-state index in [1.807, 2.05) is 18.2 Å². The first kappa shape index (κ1) is 35.7. The molecule has 0 saturated carbocycles. The molecule has 2 aromatic rings. The van der Waals surface area contributed by atoms with E-state index >= 15 is 0 Å². The van der Waals surface area contributed by atoms with E-state index in [4.69, 9.17) is 14.2 Å². The van der Waals surface area contributed by atoms with Gasteiger partial charge in [0.25, 0.3) is 5.91 Å². The second-order valence-electron chi connectivity index (χ2n) is 11.8. The van der Waals surface area contributed by atoms with Crippen molar-refractivity contribution >= 4 is 29.5 Å². The van der Waals surface area contributed by atoms with Crippen LogP contribution in [0.1, 0.15) is 56.5 Å². The second-order valence-corrected chi connectivity index (χ2v) is 11.8. The Hall–Kier alpha value is -4.81. The Morgan fingerprint density at radius 3 is 2.43 bits per heavy atom. The topological polar surface area (TPSA) is 173 Å². The molecule has 5 N–H and O–H groups in total. The highest BCUT2D eigenvalue weighted by Crippen LogP contribution is 2.28. The molecule has 2 aromatic carbocycles. The number of carbonyl (C=O) groups is 5. The number of benzene rings is 2. The lowest BCUT2D eigenvalue weighted by atomic mass is 9.99. The number of rotatable bonds is 8. The van der Waals surface area contributed by atoms with Crippen LogP contribution >= 0.6 is 0 Å². The third kappa shape index (κ3) is 9.85. The number of carbonyl (C=O) groups excluding carboxylic acids is 5. The minimum absolute atomic E-state index is 0.0459. The third-order valence-corrected chi connectivity index (χ3v) is 7.45. The quantitative estimate of drug-likeness (QED) is 0.270. The van der Waals surface area contributed by atoms with E-state index in [1.165, 1.54) is 19.9 Å². The number of amides is 5. The SMILES string of the molecule is COc1ccc(CCCNC(=O)[C@@H]2CC(=O)NC(C)(C)C(=O)N[C@H](C(C)C)C(=O)NCCOc3ccccc3C(=O)N2)cc1OC. The van der Waals surface area contributed by atoms with Crippen LogP contribution in [0.4, 0.5) is 0 Å². The van der Waals surface area contributed by atoms with Gasteiger partial charge in [-0.1, -0.05) is 32.0 Å². The molecule has 0 aliphatic carbocycles. The molecule has 1 heterocycles. The van der Waals surface area contributed by atoms with Gasteiger partial charge in [-0.2, -0.15) is 0 Å². The molecule has 2 atom stereocenters. The van der Waals surface area contributed by atoms with E-state index in [-0.39, 0.29) is 36.9 Å². The molecule has 5 amide bonds. The van der Waals surface area contributed by atoms with Crippen LogP contribution in [0.3, 0.4) is 0 Å². The maximum atomic E-state index is 13.4. The smallest absolute Gasteiger partial charge is 0.255 e. The third-order valence-electron chi connectivity index (χ3n) is 7.45. The van der Waals surface area contributed by atoms with E-state index in [0.29, 0.717) is 24.3 Å². The van der Waals surface area contributed by atoms with Gasteiger partial charge in [0, 0.05) is 6.54 Å². The molecule has 250 valence electrons. The van der Waals surface area contributed by atoms with Crippen molar-refractivity contribution in [1.29, 1.82) is 0 Å². The fourth-order valence-electron chi connectivity index (χ4n) is 4.83. The van der Waals surface area contributed by atoms with Crippen LogP contribution in [0, 0.1) is 5.92 Å². The molecule has 0 unspecified atom stereocenters. The predicted molar refractivity (Wildman–Crippen MR) is 171 cm³/mol. The highest BCUT2D eigenvalue weighted by Gasteiger charge is 2.35. The number of methoxy groups -OCH3 is 2. The minimum atomic E-state index is -1.43. The summed E-state index contributed by atoms with van der Waals surface area (Å²) in [4.78, 5) is 66.0. The van der Waals surface area contributed by atoms with Crippen molar-refractivity contribution in [2.45, 2.75) is 64.6 Å². The van der Waals surface area contributed by atoms with Gasteiger partial charge >= 0.3 is 0 Å². The van der Waals surface area contributed by atoms with E-state index < -0.39 is 53.6 Å². The van der Waals surface area contributed by atoms with Gasteiger partial charge in [0.1, 0.15) is 30.0 Å². The van der Waals surface area contributed by atoms with E-state index in [1.54, 1.807) is 46.3 Å². The van der Waals surface area contributed by atoms with Crippen molar-refractivity contribution in [3.05, 3.63) is 53.6 Å². The van der Waals surface area contributed by atoms with E-state index in [0.717, 1.165) is 5.56 Å². The predicted octanol–water partition coefficient (Wildman–Crippen LogP) is 1.49. The number of ether oxygens (including phenoxy) is 3. The molecule has 13 heteroatoms. The summed E-state index contributed by atoms with van der Waals surface area (Å²) < 4.78 is 16.4. The van der Waals surface area contributed by atoms with Crippen LogP contribution in [0.25, 0.3) is 0 Å². The lowest BCUT2D eigenvalue weighted by Gasteiger charge is -2.30. The standard InChI is InChI=1S/C33H45N5O8/c1-20(2)28-31(42)35-16-17-46-24-12-8-7-11-22(24)29(40)36-23(19-27(39)38-33(3,4)32(43)37-28)30(41)34-15-9-10-21-13-14-25(44-5)26(18-21)45-6/h7-8,11-14,18,20,23,28H,9-10,15-17,19H2,1-6H3,(H,34,41)(H,35,42)(H,36,40)(H,37,43)(H,38,39)/t23-,28+/m0/s1. The molecule has 0 radical (unpaired) electrons. The van der Waals surface area contributed by atoms with Crippen LogP contribution in [0.5, 0.6) is 17.2 Å². The number of hydrogen-bond donors (Lipinski definition) is 5. The Morgan fingerprint density at radius 1 is 1.02 bits per heavy atom. The summed E-state index contributed by atoms with van der Waals surface area (Å²) >= 11 is 0. The Balaban J connectivity index is 1.79. The van der Waals surface area contributed by atoms with Gasteiger partial charge in [0.15, 0.2) is 11.5 Å². The summed E-state index contributed by atoms with van der Waals surface area (Å²) in [6.07, 6.45) is 0.754. The lowest BCUT2D eigenvalue weighted by molar-refractivity contribution is -0.136. The number of fused-ring (bicyclic) bond motifs is 1. The van der Waals surface area contributed by atoms with Crippen molar-refractivity contribution in [2.24, 2.45) is 5.92 Å². The van der Waals surface area contributed by atoms with Crippen LogP contribution in [0.15, 0.2) is 42.5 Å². The summed E-state index contributed by atoms with van der Waals surface area (Å²) in [5.74, 6) is -1.62. The van der Waals surface area contributed by atoms with Crippen molar-refractivity contribution in [3.8, 4) is 17.2 Å². The Morgan fingerprint density at radius 2 is 1.74 bits per heavy atom. The Labute approximate surface area is 269 Å². The zero-order chi connectivity index (χ0) is 33.9. The number of para-hydroxylation sites is 1. The summed E-state index contributed by atoms with van der Waals surface area (Å²) in [6, 6.07) is 9.92. The van der Waals surface area contributed by atoms with E-state index in [9.17, 15) is 24.0 Å². The maximum Gasteiger partial charge on any atom is 0.255 e. The summed E-state index contributed by atoms with van der Waals surface area (Å²) in [6.45, 7) is 7.00. The maximum absolute atomic E-state index is 13.4. The Bertz CT molecular complexity index is 1410. The zero-order valence-electron chi connectivity index (χ0n) is 27.3. The fourth-order valence-corrected chi connectivity index (χ4v) is 4.83. The minimum Gasteiger partial charge on any atom is -0.493 e. The van der Waals surface area contributed by atoms with Gasteiger partial charge in [-0.3, -0.25) is 24.0 Å². The highest BCUT2D eigenvalue weighted by atomic mass is 16.5. The van der Waals surface area contributed by atoms with Gasteiger partial charge in [-0.25, -0.2) is 0 Å². The van der Waals surface area contributed by atoms with Crippen molar-refractivity contribution < 1.29 is 38.2 Å². The average molecular weight is 640 g/mol. The first-order chi connectivity index (χ1) is 21.9. The summed E-state index contributed by atoms with van der Waals surface area (Å²) in [5.41, 5.74) is -0.297. The summed E-state index contributed by atoms with van der Waals surface area (Å²) in [5, 5.41) is 13.6. The number of aryl methyl sites for hydroxylation is 1. The normalized spacial score (nSPS) is 19.3. The molecule has 0 aromatic heterocycles. The van der Waals surface area contributed by atoms with Crippen molar-refractivity contribution in [3.63, 3.8) is 0 Å². The van der Waals surface area contributed by atoms with Crippen molar-refractivity contribution in [2.75, 3.05) is 33.9 Å². The van der Waals surface area contributed by atoms with Crippen LogP contribution in [-0.2, 0) is 25.6 Å². The monoisotopic (exact) mass is 639 g/mol. The van der Waals surface area contributed by atoms with Crippen LogP contribution in [0.2, 0.25) is 0 Å². The molecular weight excluding hydrogens is 594 g/mol. The molecule has 13 nitrogen and oxygen atoms in total. The molecule has 3 rings (SSSR count). The van der Waals surface area contributed by atoms with E-state index in [2.05, 4.69) is 26.6 Å². The molecule has 1 aliphatic heterocycles. The molecule has 0 bridgehead atoms. The number of nitrogens with one attached hydrogen (secondary N) is 5. The molecule has 0 spiro atoms. The largest absolute Gasteiger partial charge is 0.493 e. The number of hydrogen-bond acceptors (Lipinski definition) is 8. The van der Waals surface area contributed by atoms with Gasteiger partial charge < -0.3 is 40.8 Å². The first-order valence-electron chi connectivity index (χ1n) is 15.3. The molecule has 1 aliphatic rings. The zero-order valence-corrected chi connectivity index (χ0v) is 27.3. The van der Waals surface area contributed by atoms with Crippen molar-refractivity contribution in [1.82, 2.24) is 26.6 Å². The second kappa shape index (κ2) is 16.5. The van der Waals surface area contributed by atoms with Gasteiger partial charge in [0.05, 0.1) is 32.7 Å². The van der Waals surface area contributed by atoms with Gasteiger partial charge in [-0.05, 0) is 62.4 Å². The fraction of sp³-hybridized carbons (Fsp3) is 0.485. The van der Waals surface area contributed by atoms with Gasteiger partial charge in [0.2, 0.25) is 23.6 Å². The molecule has 0 fully saturated rings. The van der Waals surface area contributed by atoms with Crippen LogP contribution in [-0.4, -0.2) is 81.1 Å². The van der Waals surface area contributed by atoms with Gasteiger partial charge in [-0.15, -0.1) is 0 Å². The molecular formula is C33H45N5O8. The summed E-state index contributed by atoms with van der Waals surface area (Å²) in [7, 11) is 3.12. The molecule has 0 saturated heterocycles. The highest BCUT2D eigenvalue weighted by molar-refractivity contribution is 6.01. The lowest BCUT2D eigenvalue weighted by Crippen LogP contribution is -2.60. The molecule has 46 heavy (non-hydrogen) atoms. The average Bonchev–Trinajstić information content (AvgIpc) is 3.02. The first-order valence-corrected chi connectivity index (χ1v) is 15.3.